The summed E-state index contributed by atoms with van der Waals surface area (Å²) in [5.41, 5.74) is 5.42. The second-order valence-corrected chi connectivity index (χ2v) is 6.59. The summed E-state index contributed by atoms with van der Waals surface area (Å²) >= 11 is 0. The minimum Gasteiger partial charge on any atom is -0.354 e. The Kier molecular flexibility index (Phi) is 4.56. The Bertz CT molecular complexity index is 772. The molecule has 1 N–H and O–H groups in total. The van der Waals surface area contributed by atoms with Crippen LogP contribution in [-0.4, -0.2) is 28.6 Å². The van der Waals surface area contributed by atoms with E-state index in [1.165, 1.54) is 5.56 Å². The number of hydrogen-bond donors (Lipinski definition) is 1. The van der Waals surface area contributed by atoms with Gasteiger partial charge in [0.2, 0.25) is 0 Å². The van der Waals surface area contributed by atoms with Crippen LogP contribution in [0.3, 0.4) is 0 Å². The molecule has 1 aromatic carbocycles. The molecule has 0 fully saturated rings. The highest BCUT2D eigenvalue weighted by Gasteiger charge is 2.27. The van der Waals surface area contributed by atoms with Crippen molar-refractivity contribution in [2.75, 3.05) is 7.05 Å². The Labute approximate surface area is 142 Å². The largest absolute Gasteiger partial charge is 0.354 e. The lowest BCUT2D eigenvalue weighted by atomic mass is 9.94. The minimum absolute atomic E-state index is 0.0609. The van der Waals surface area contributed by atoms with Crippen LogP contribution in [0.1, 0.15) is 63.0 Å². The van der Waals surface area contributed by atoms with E-state index in [1.54, 1.807) is 11.9 Å². The van der Waals surface area contributed by atoms with Crippen LogP contribution in [0.15, 0.2) is 24.3 Å². The first-order chi connectivity index (χ1) is 11.5. The van der Waals surface area contributed by atoms with Crippen LogP contribution in [0.5, 0.6) is 0 Å². The van der Waals surface area contributed by atoms with Gasteiger partial charge in [0.1, 0.15) is 5.69 Å². The molecule has 0 radical (unpaired) electrons. The molecule has 126 valence electrons. The van der Waals surface area contributed by atoms with Crippen LogP contribution >= 0.6 is 0 Å². The molecule has 0 atom stereocenters. The third-order valence-electron chi connectivity index (χ3n) is 4.85. The van der Waals surface area contributed by atoms with E-state index in [1.807, 2.05) is 6.92 Å². The number of hydrogen-bond acceptors (Lipinski definition) is 2. The first kappa shape index (κ1) is 16.5. The van der Waals surface area contributed by atoms with Gasteiger partial charge in [0, 0.05) is 31.3 Å². The summed E-state index contributed by atoms with van der Waals surface area (Å²) < 4.78 is 0. The maximum atomic E-state index is 12.8. The van der Waals surface area contributed by atoms with Crippen LogP contribution < -0.4 is 0 Å². The number of H-pyrrole nitrogens is 1. The van der Waals surface area contributed by atoms with Crippen LogP contribution in [0, 0.1) is 6.92 Å². The fourth-order valence-electron chi connectivity index (χ4n) is 3.40. The van der Waals surface area contributed by atoms with Crippen molar-refractivity contribution in [1.29, 1.82) is 0 Å². The number of benzene rings is 1. The van der Waals surface area contributed by atoms with Crippen LogP contribution in [-0.2, 0) is 19.4 Å². The third-order valence-corrected chi connectivity index (χ3v) is 4.85. The summed E-state index contributed by atoms with van der Waals surface area (Å²) in [6, 6.07) is 8.34. The topological polar surface area (TPSA) is 53.2 Å². The molecular formula is C20H24N2O2. The number of fused-ring (bicyclic) bond motifs is 1. The minimum atomic E-state index is -0.0609. The molecule has 0 aliphatic heterocycles. The fourth-order valence-corrected chi connectivity index (χ4v) is 3.40. The van der Waals surface area contributed by atoms with Gasteiger partial charge >= 0.3 is 0 Å². The van der Waals surface area contributed by atoms with Crippen molar-refractivity contribution in [2.45, 2.75) is 46.1 Å². The molecule has 0 saturated heterocycles. The van der Waals surface area contributed by atoms with E-state index in [9.17, 15) is 9.59 Å². The number of carbonyl (C=O) groups is 2. The number of aromatic nitrogens is 1. The zero-order chi connectivity index (χ0) is 17.3. The van der Waals surface area contributed by atoms with Gasteiger partial charge in [-0.1, -0.05) is 31.2 Å². The zero-order valence-corrected chi connectivity index (χ0v) is 14.6. The van der Waals surface area contributed by atoms with E-state index in [2.05, 4.69) is 36.2 Å². The van der Waals surface area contributed by atoms with Crippen molar-refractivity contribution in [2.24, 2.45) is 0 Å². The summed E-state index contributed by atoms with van der Waals surface area (Å²) in [6.07, 6.45) is 3.30. The predicted octanol–water partition coefficient (Wildman–Crippen LogP) is 3.68. The van der Waals surface area contributed by atoms with Crippen LogP contribution in [0.2, 0.25) is 0 Å². The zero-order valence-electron chi connectivity index (χ0n) is 14.6. The van der Waals surface area contributed by atoms with E-state index < -0.39 is 0 Å². The van der Waals surface area contributed by atoms with Gasteiger partial charge in [-0.15, -0.1) is 0 Å². The summed E-state index contributed by atoms with van der Waals surface area (Å²) in [5, 5.41) is 0. The van der Waals surface area contributed by atoms with Gasteiger partial charge in [-0.2, -0.15) is 0 Å². The monoisotopic (exact) mass is 324 g/mol. The molecule has 4 heteroatoms. The van der Waals surface area contributed by atoms with Crippen LogP contribution in [0.25, 0.3) is 0 Å². The summed E-state index contributed by atoms with van der Waals surface area (Å²) in [7, 11) is 1.80. The summed E-state index contributed by atoms with van der Waals surface area (Å²) in [4.78, 5) is 29.8. The Morgan fingerprint density at radius 1 is 1.17 bits per heavy atom. The van der Waals surface area contributed by atoms with Crippen LogP contribution in [0.4, 0.5) is 0 Å². The number of nitrogens with one attached hydrogen (secondary N) is 1. The number of Topliss-reactive ketones (excluding diaryl/α,β-unsaturated/α-hetero) is 1. The molecule has 0 unspecified atom stereocenters. The smallest absolute Gasteiger partial charge is 0.270 e. The van der Waals surface area contributed by atoms with Crippen molar-refractivity contribution in [3.05, 3.63) is 57.9 Å². The Balaban J connectivity index is 1.79. The van der Waals surface area contributed by atoms with E-state index in [0.29, 0.717) is 18.7 Å². The number of carbonyl (C=O) groups excluding carboxylic acids is 2. The number of ketones is 1. The molecule has 1 aliphatic carbocycles. The quantitative estimate of drug-likeness (QED) is 0.933. The SMILES string of the molecule is CCc1ccc(CN(C)C(=O)c2[nH]c3c(c2C)C(=O)CCC3)cc1. The van der Waals surface area contributed by atoms with Gasteiger partial charge in [0.15, 0.2) is 5.78 Å². The average molecular weight is 324 g/mol. The molecular weight excluding hydrogens is 300 g/mol. The standard InChI is InChI=1S/C20H24N2O2/c1-4-14-8-10-15(11-9-14)12-22(3)20(24)19-13(2)18-16(21-19)6-5-7-17(18)23/h8-11,21H,4-7,12H2,1-3H3. The van der Waals surface area contributed by atoms with E-state index in [4.69, 9.17) is 0 Å². The highest BCUT2D eigenvalue weighted by molar-refractivity contribution is 6.04. The van der Waals surface area contributed by atoms with E-state index >= 15 is 0 Å². The molecule has 1 heterocycles. The molecule has 1 aromatic heterocycles. The molecule has 0 saturated carbocycles. The molecule has 0 spiro atoms. The lowest BCUT2D eigenvalue weighted by molar-refractivity contribution is 0.0779. The molecule has 2 aromatic rings. The van der Waals surface area contributed by atoms with Gasteiger partial charge in [0.05, 0.1) is 0 Å². The number of rotatable bonds is 4. The maximum absolute atomic E-state index is 12.8. The van der Waals surface area contributed by atoms with Gasteiger partial charge < -0.3 is 9.88 Å². The molecule has 4 nitrogen and oxygen atoms in total. The van der Waals surface area contributed by atoms with Crippen molar-refractivity contribution < 1.29 is 9.59 Å². The van der Waals surface area contributed by atoms with Crippen molar-refractivity contribution in [1.82, 2.24) is 9.88 Å². The van der Waals surface area contributed by atoms with Gasteiger partial charge in [-0.3, -0.25) is 9.59 Å². The van der Waals surface area contributed by atoms with Crippen molar-refractivity contribution in [3.8, 4) is 0 Å². The highest BCUT2D eigenvalue weighted by Crippen LogP contribution is 2.27. The summed E-state index contributed by atoms with van der Waals surface area (Å²) in [5.74, 6) is 0.0936. The lowest BCUT2D eigenvalue weighted by Gasteiger charge is -2.17. The van der Waals surface area contributed by atoms with Gasteiger partial charge in [-0.05, 0) is 42.9 Å². The molecule has 3 rings (SSSR count). The fraction of sp³-hybridized carbons (Fsp3) is 0.400. The maximum Gasteiger partial charge on any atom is 0.270 e. The van der Waals surface area contributed by atoms with E-state index in [0.717, 1.165) is 41.6 Å². The number of nitrogens with zero attached hydrogens (tertiary/aromatic N) is 1. The molecule has 0 bridgehead atoms. The second-order valence-electron chi connectivity index (χ2n) is 6.59. The van der Waals surface area contributed by atoms with Crippen molar-refractivity contribution in [3.63, 3.8) is 0 Å². The molecule has 24 heavy (non-hydrogen) atoms. The summed E-state index contributed by atoms with van der Waals surface area (Å²) in [6.45, 7) is 4.55. The number of amides is 1. The average Bonchev–Trinajstić information content (AvgIpc) is 2.93. The first-order valence-electron chi connectivity index (χ1n) is 8.59. The molecule has 1 amide bonds. The lowest BCUT2D eigenvalue weighted by Crippen LogP contribution is -2.27. The van der Waals surface area contributed by atoms with Crippen molar-refractivity contribution >= 4 is 11.7 Å². The van der Waals surface area contributed by atoms with Gasteiger partial charge in [-0.25, -0.2) is 0 Å². The Morgan fingerprint density at radius 2 is 1.83 bits per heavy atom. The normalized spacial score (nSPS) is 13.7. The first-order valence-corrected chi connectivity index (χ1v) is 8.59. The number of aryl methyl sites for hydroxylation is 2. The predicted molar refractivity (Wildman–Crippen MR) is 94.4 cm³/mol. The second kappa shape index (κ2) is 6.63. The van der Waals surface area contributed by atoms with Gasteiger partial charge in [0.25, 0.3) is 5.91 Å². The Hall–Kier alpha value is -2.36. The molecule has 1 aliphatic rings. The highest BCUT2D eigenvalue weighted by atomic mass is 16.2. The Morgan fingerprint density at radius 3 is 2.46 bits per heavy atom. The number of aromatic amines is 1. The third kappa shape index (κ3) is 3.01. The van der Waals surface area contributed by atoms with E-state index in [-0.39, 0.29) is 11.7 Å².